The van der Waals surface area contributed by atoms with E-state index in [1.807, 2.05) is 0 Å². The molecule has 1 heterocycles. The second-order valence-electron chi connectivity index (χ2n) is 6.06. The van der Waals surface area contributed by atoms with Crippen LogP contribution >= 0.6 is 23.2 Å². The van der Waals surface area contributed by atoms with Gasteiger partial charge in [-0.1, -0.05) is 35.3 Å². The highest BCUT2D eigenvalue weighted by Crippen LogP contribution is 2.41. The van der Waals surface area contributed by atoms with Gasteiger partial charge in [0.25, 0.3) is 5.91 Å². The van der Waals surface area contributed by atoms with Crippen LogP contribution in [-0.4, -0.2) is 30.4 Å². The summed E-state index contributed by atoms with van der Waals surface area (Å²) in [4.78, 5) is 15.8. The van der Waals surface area contributed by atoms with E-state index in [-0.39, 0.29) is 18.5 Å². The minimum absolute atomic E-state index is 0.0378. The minimum Gasteiger partial charge on any atom is -0.349 e. The number of nitrogens with one attached hydrogen (secondary N) is 1. The Labute approximate surface area is 152 Å². The Morgan fingerprint density at radius 2 is 2.00 bits per heavy atom. The molecule has 134 valence electrons. The molecule has 1 amide bonds. The van der Waals surface area contributed by atoms with Gasteiger partial charge in [-0.25, -0.2) is 0 Å². The van der Waals surface area contributed by atoms with Gasteiger partial charge in [-0.3, -0.25) is 9.79 Å². The Morgan fingerprint density at radius 1 is 1.24 bits per heavy atom. The molecule has 2 atom stereocenters. The van der Waals surface area contributed by atoms with E-state index in [0.717, 1.165) is 12.0 Å². The maximum Gasteiger partial charge on any atom is 0.433 e. The molecule has 2 unspecified atom stereocenters. The summed E-state index contributed by atoms with van der Waals surface area (Å²) in [7, 11) is 0. The van der Waals surface area contributed by atoms with Crippen LogP contribution in [0.5, 0.6) is 0 Å². The Kier molecular flexibility index (Phi) is 5.11. The summed E-state index contributed by atoms with van der Waals surface area (Å²) in [5.74, 6) is -0.778. The topological polar surface area (TPSA) is 41.5 Å². The molecular formula is C17H15Cl2F3N2O. The fraction of sp³-hybridized carbons (Fsp3) is 0.412. The molecule has 3 rings (SSSR count). The van der Waals surface area contributed by atoms with Crippen LogP contribution in [0.25, 0.3) is 0 Å². The lowest BCUT2D eigenvalue weighted by molar-refractivity contribution is -0.119. The normalized spacial score (nSPS) is 23.4. The van der Waals surface area contributed by atoms with Crippen LogP contribution in [-0.2, 0) is 4.79 Å². The highest BCUT2D eigenvalue weighted by molar-refractivity contribution is 6.35. The first-order valence-electron chi connectivity index (χ1n) is 7.85. The van der Waals surface area contributed by atoms with Crippen LogP contribution < -0.4 is 5.32 Å². The Bertz CT molecular complexity index is 759. The Balaban J connectivity index is 1.73. The van der Waals surface area contributed by atoms with Crippen molar-refractivity contribution in [3.8, 4) is 0 Å². The van der Waals surface area contributed by atoms with Gasteiger partial charge in [0.15, 0.2) is 5.71 Å². The molecule has 1 aliphatic heterocycles. The van der Waals surface area contributed by atoms with Gasteiger partial charge in [0.1, 0.15) is 0 Å². The Hall–Kier alpha value is -1.53. The first-order valence-corrected chi connectivity index (χ1v) is 8.61. The third-order valence-electron chi connectivity index (χ3n) is 4.47. The number of nitrogens with zero attached hydrogens (tertiary/aromatic N) is 1. The molecule has 0 saturated heterocycles. The van der Waals surface area contributed by atoms with Crippen molar-refractivity contribution < 1.29 is 18.0 Å². The van der Waals surface area contributed by atoms with Crippen molar-refractivity contribution in [2.45, 2.75) is 37.4 Å². The van der Waals surface area contributed by atoms with Gasteiger partial charge in [0, 0.05) is 28.5 Å². The van der Waals surface area contributed by atoms with Crippen molar-refractivity contribution in [2.75, 3.05) is 6.54 Å². The fourth-order valence-electron chi connectivity index (χ4n) is 3.10. The predicted octanol–water partition coefficient (Wildman–Crippen LogP) is 4.69. The molecule has 1 aliphatic carbocycles. The second-order valence-corrected chi connectivity index (χ2v) is 6.91. The molecule has 1 aromatic rings. The van der Waals surface area contributed by atoms with Crippen LogP contribution in [0.4, 0.5) is 13.2 Å². The van der Waals surface area contributed by atoms with E-state index in [1.165, 1.54) is 6.08 Å². The van der Waals surface area contributed by atoms with E-state index in [4.69, 9.17) is 23.2 Å². The Morgan fingerprint density at radius 3 is 2.60 bits per heavy atom. The third kappa shape index (κ3) is 3.85. The molecule has 25 heavy (non-hydrogen) atoms. The van der Waals surface area contributed by atoms with Crippen LogP contribution in [0.3, 0.4) is 0 Å². The standard InChI is InChI=1S/C17H15Cl2F3N2O/c18-9-3-4-10(13(19)8-9)11-5-6-14(11)24-16(25)12-2-1-7-23-15(12)17(20,21)22/h2-4,8,11,14H,1,5-7H2,(H,24,25). The summed E-state index contributed by atoms with van der Waals surface area (Å²) in [6.07, 6.45) is -1.54. The summed E-state index contributed by atoms with van der Waals surface area (Å²) in [5.41, 5.74) is -0.659. The van der Waals surface area contributed by atoms with Crippen molar-refractivity contribution in [1.29, 1.82) is 0 Å². The molecule has 8 heteroatoms. The number of hydrogen-bond donors (Lipinski definition) is 1. The maximum atomic E-state index is 13.0. The minimum atomic E-state index is -4.64. The van der Waals surface area contributed by atoms with Crippen molar-refractivity contribution in [3.63, 3.8) is 0 Å². The molecule has 0 bridgehead atoms. The summed E-state index contributed by atoms with van der Waals surface area (Å²) in [6.45, 7) is 0.0397. The number of halogens is 5. The first-order chi connectivity index (χ1) is 11.8. The highest BCUT2D eigenvalue weighted by atomic mass is 35.5. The van der Waals surface area contributed by atoms with E-state index in [0.29, 0.717) is 22.9 Å². The quantitative estimate of drug-likeness (QED) is 0.798. The van der Waals surface area contributed by atoms with Gasteiger partial charge >= 0.3 is 6.18 Å². The second kappa shape index (κ2) is 7.00. The van der Waals surface area contributed by atoms with Crippen molar-refractivity contribution in [1.82, 2.24) is 5.32 Å². The zero-order valence-corrected chi connectivity index (χ0v) is 14.5. The van der Waals surface area contributed by atoms with E-state index < -0.39 is 23.4 Å². The molecule has 1 saturated carbocycles. The van der Waals surface area contributed by atoms with E-state index in [1.54, 1.807) is 18.2 Å². The number of dihydropyridines is 1. The highest BCUT2D eigenvalue weighted by Gasteiger charge is 2.42. The van der Waals surface area contributed by atoms with E-state index >= 15 is 0 Å². The SMILES string of the molecule is O=C(NC1CCC1c1ccc(Cl)cc1Cl)C1=CCCN=C1C(F)(F)F. The van der Waals surface area contributed by atoms with Gasteiger partial charge in [0.05, 0.1) is 5.57 Å². The molecule has 3 nitrogen and oxygen atoms in total. The molecule has 1 fully saturated rings. The number of hydrogen-bond acceptors (Lipinski definition) is 2. The summed E-state index contributed by atoms with van der Waals surface area (Å²) in [5, 5.41) is 3.70. The predicted molar refractivity (Wildman–Crippen MR) is 91.4 cm³/mol. The number of aliphatic imine (C=N–C) groups is 1. The van der Waals surface area contributed by atoms with Crippen molar-refractivity contribution >= 4 is 34.8 Å². The number of alkyl halides is 3. The molecule has 2 aliphatic rings. The number of carbonyl (C=O) groups excluding carboxylic acids is 1. The molecule has 0 radical (unpaired) electrons. The number of carbonyl (C=O) groups is 1. The average Bonchev–Trinajstić information content (AvgIpc) is 2.53. The van der Waals surface area contributed by atoms with Crippen LogP contribution in [0.15, 0.2) is 34.8 Å². The van der Waals surface area contributed by atoms with Gasteiger partial charge in [-0.05, 0) is 37.0 Å². The lowest BCUT2D eigenvalue weighted by Gasteiger charge is -2.38. The van der Waals surface area contributed by atoms with Crippen LogP contribution in [0, 0.1) is 0 Å². The van der Waals surface area contributed by atoms with Gasteiger partial charge in [0.2, 0.25) is 0 Å². The molecule has 1 N–H and O–H groups in total. The van der Waals surface area contributed by atoms with Crippen LogP contribution in [0.1, 0.15) is 30.7 Å². The monoisotopic (exact) mass is 390 g/mol. The van der Waals surface area contributed by atoms with Crippen molar-refractivity contribution in [2.24, 2.45) is 4.99 Å². The number of benzene rings is 1. The zero-order chi connectivity index (χ0) is 18.2. The van der Waals surface area contributed by atoms with Crippen molar-refractivity contribution in [3.05, 3.63) is 45.5 Å². The van der Waals surface area contributed by atoms with E-state index in [9.17, 15) is 18.0 Å². The molecule has 0 aromatic heterocycles. The smallest absolute Gasteiger partial charge is 0.349 e. The zero-order valence-electron chi connectivity index (χ0n) is 13.0. The largest absolute Gasteiger partial charge is 0.433 e. The molecular weight excluding hydrogens is 376 g/mol. The molecule has 0 spiro atoms. The number of amides is 1. The number of rotatable bonds is 3. The third-order valence-corrected chi connectivity index (χ3v) is 5.03. The summed E-state index contributed by atoms with van der Waals surface area (Å²) in [6, 6.07) is 4.85. The lowest BCUT2D eigenvalue weighted by Crippen LogP contribution is -2.48. The summed E-state index contributed by atoms with van der Waals surface area (Å²) < 4.78 is 39.1. The fourth-order valence-corrected chi connectivity index (χ4v) is 3.65. The average molecular weight is 391 g/mol. The van der Waals surface area contributed by atoms with Gasteiger partial charge in [-0.2, -0.15) is 13.2 Å². The van der Waals surface area contributed by atoms with E-state index in [2.05, 4.69) is 10.3 Å². The maximum absolute atomic E-state index is 13.0. The molecule has 1 aromatic carbocycles. The summed E-state index contributed by atoms with van der Waals surface area (Å²) >= 11 is 12.1. The van der Waals surface area contributed by atoms with Gasteiger partial charge in [-0.15, -0.1) is 0 Å². The lowest BCUT2D eigenvalue weighted by atomic mass is 9.75. The van der Waals surface area contributed by atoms with Crippen LogP contribution in [0.2, 0.25) is 10.0 Å². The van der Waals surface area contributed by atoms with Gasteiger partial charge < -0.3 is 5.32 Å². The first kappa shape index (κ1) is 18.3.